The fourth-order valence-electron chi connectivity index (χ4n) is 3.63. The highest BCUT2D eigenvalue weighted by Crippen LogP contribution is 2.37. The van der Waals surface area contributed by atoms with Gasteiger partial charge in [-0.05, 0) is 32.1 Å². The van der Waals surface area contributed by atoms with Crippen molar-refractivity contribution in [2.24, 2.45) is 0 Å². The molecule has 0 aromatic carbocycles. The van der Waals surface area contributed by atoms with Gasteiger partial charge in [0.15, 0.2) is 0 Å². The zero-order valence-corrected chi connectivity index (χ0v) is 13.3. The Hall–Kier alpha value is -1.10. The largest absolute Gasteiger partial charge is 0.385 e. The second-order valence-electron chi connectivity index (χ2n) is 6.22. The number of amides is 2. The lowest BCUT2D eigenvalue weighted by atomic mass is 9.77. The number of carbonyl (C=O) groups is 2. The summed E-state index contributed by atoms with van der Waals surface area (Å²) in [6, 6.07) is -0.340. The lowest BCUT2D eigenvalue weighted by molar-refractivity contribution is -0.160. The first-order chi connectivity index (χ1) is 10.2. The van der Waals surface area contributed by atoms with Crippen LogP contribution in [-0.4, -0.2) is 48.6 Å². The van der Waals surface area contributed by atoms with Crippen molar-refractivity contribution in [2.75, 3.05) is 20.3 Å². The van der Waals surface area contributed by atoms with Crippen LogP contribution in [0.25, 0.3) is 0 Å². The SMILES string of the molecule is CCC1NC(=O)C2(CCCCC2)N(CCCCOC)C1=O. The molecule has 21 heavy (non-hydrogen) atoms. The van der Waals surface area contributed by atoms with Gasteiger partial charge in [0.2, 0.25) is 11.8 Å². The predicted octanol–water partition coefficient (Wildman–Crippen LogP) is 1.85. The fraction of sp³-hybridized carbons (Fsp3) is 0.875. The molecule has 1 aliphatic heterocycles. The third kappa shape index (κ3) is 3.23. The summed E-state index contributed by atoms with van der Waals surface area (Å²) >= 11 is 0. The van der Waals surface area contributed by atoms with E-state index >= 15 is 0 Å². The van der Waals surface area contributed by atoms with Crippen LogP contribution in [0, 0.1) is 0 Å². The van der Waals surface area contributed by atoms with E-state index in [9.17, 15) is 9.59 Å². The van der Waals surface area contributed by atoms with Crippen LogP contribution in [0.3, 0.4) is 0 Å². The third-order valence-corrected chi connectivity index (χ3v) is 4.88. The molecular weight excluding hydrogens is 268 g/mol. The number of hydrogen-bond acceptors (Lipinski definition) is 3. The molecule has 2 aliphatic rings. The molecule has 0 radical (unpaired) electrons. The van der Waals surface area contributed by atoms with Gasteiger partial charge >= 0.3 is 0 Å². The van der Waals surface area contributed by atoms with Crippen molar-refractivity contribution in [2.45, 2.75) is 69.9 Å². The smallest absolute Gasteiger partial charge is 0.246 e. The Morgan fingerprint density at radius 3 is 2.57 bits per heavy atom. The molecule has 1 N–H and O–H groups in total. The number of hydrogen-bond donors (Lipinski definition) is 1. The number of unbranched alkanes of at least 4 members (excludes halogenated alkanes) is 1. The molecule has 2 rings (SSSR count). The van der Waals surface area contributed by atoms with Crippen LogP contribution in [0.2, 0.25) is 0 Å². The second-order valence-corrected chi connectivity index (χ2v) is 6.22. The monoisotopic (exact) mass is 296 g/mol. The number of piperazine rings is 1. The van der Waals surface area contributed by atoms with E-state index < -0.39 is 5.54 Å². The highest BCUT2D eigenvalue weighted by Gasteiger charge is 2.51. The Labute approximate surface area is 127 Å². The van der Waals surface area contributed by atoms with Crippen molar-refractivity contribution in [1.82, 2.24) is 10.2 Å². The first-order valence-corrected chi connectivity index (χ1v) is 8.27. The maximum Gasteiger partial charge on any atom is 0.246 e. The van der Waals surface area contributed by atoms with Crippen LogP contribution in [0.5, 0.6) is 0 Å². The zero-order chi connectivity index (χ0) is 15.3. The van der Waals surface area contributed by atoms with E-state index in [2.05, 4.69) is 5.32 Å². The van der Waals surface area contributed by atoms with Crippen molar-refractivity contribution in [3.63, 3.8) is 0 Å². The average Bonchev–Trinajstić information content (AvgIpc) is 2.51. The quantitative estimate of drug-likeness (QED) is 0.761. The van der Waals surface area contributed by atoms with Crippen LogP contribution in [0.15, 0.2) is 0 Å². The molecule has 1 atom stereocenters. The van der Waals surface area contributed by atoms with Crippen LogP contribution in [0.4, 0.5) is 0 Å². The molecule has 120 valence electrons. The van der Waals surface area contributed by atoms with Gasteiger partial charge in [-0.1, -0.05) is 26.2 Å². The first kappa shape index (κ1) is 16.3. The highest BCUT2D eigenvalue weighted by molar-refractivity contribution is 5.99. The molecule has 1 saturated carbocycles. The Morgan fingerprint density at radius 1 is 1.24 bits per heavy atom. The van der Waals surface area contributed by atoms with Gasteiger partial charge in [0, 0.05) is 20.3 Å². The number of rotatable bonds is 6. The molecule has 1 unspecified atom stereocenters. The van der Waals surface area contributed by atoms with E-state index in [1.807, 2.05) is 11.8 Å². The van der Waals surface area contributed by atoms with Crippen molar-refractivity contribution in [3.05, 3.63) is 0 Å². The maximum atomic E-state index is 12.7. The van der Waals surface area contributed by atoms with Gasteiger partial charge < -0.3 is 15.0 Å². The standard InChI is InChI=1S/C16H28N2O3/c1-3-13-14(19)18(11-7-8-12-21-2)16(15(20)17-13)9-5-4-6-10-16/h13H,3-12H2,1-2H3,(H,17,20). The minimum Gasteiger partial charge on any atom is -0.385 e. The van der Waals surface area contributed by atoms with E-state index in [0.717, 1.165) is 44.9 Å². The summed E-state index contributed by atoms with van der Waals surface area (Å²) in [6.07, 6.45) is 7.33. The number of nitrogens with one attached hydrogen (secondary N) is 1. The summed E-state index contributed by atoms with van der Waals surface area (Å²) in [6.45, 7) is 3.33. The summed E-state index contributed by atoms with van der Waals surface area (Å²) in [7, 11) is 1.69. The van der Waals surface area contributed by atoms with Gasteiger partial charge in [0.1, 0.15) is 11.6 Å². The third-order valence-electron chi connectivity index (χ3n) is 4.88. The van der Waals surface area contributed by atoms with Gasteiger partial charge in [0.25, 0.3) is 0 Å². The van der Waals surface area contributed by atoms with E-state index in [4.69, 9.17) is 4.74 Å². The summed E-state index contributed by atoms with van der Waals surface area (Å²) in [5.74, 6) is 0.178. The van der Waals surface area contributed by atoms with Gasteiger partial charge in [-0.2, -0.15) is 0 Å². The van der Waals surface area contributed by atoms with Gasteiger partial charge in [0.05, 0.1) is 0 Å². The number of nitrogens with zero attached hydrogens (tertiary/aromatic N) is 1. The number of methoxy groups -OCH3 is 1. The van der Waals surface area contributed by atoms with Crippen molar-refractivity contribution < 1.29 is 14.3 Å². The van der Waals surface area contributed by atoms with Crippen LogP contribution in [0.1, 0.15) is 58.3 Å². The number of carbonyl (C=O) groups excluding carboxylic acids is 2. The molecule has 2 amide bonds. The Kier molecular flexibility index (Phi) is 5.62. The molecule has 1 saturated heterocycles. The van der Waals surface area contributed by atoms with Crippen molar-refractivity contribution in [1.29, 1.82) is 0 Å². The molecule has 5 nitrogen and oxygen atoms in total. The zero-order valence-electron chi connectivity index (χ0n) is 13.3. The molecule has 0 bridgehead atoms. The highest BCUT2D eigenvalue weighted by atomic mass is 16.5. The Balaban J connectivity index is 2.14. The fourth-order valence-corrected chi connectivity index (χ4v) is 3.63. The second kappa shape index (κ2) is 7.25. The average molecular weight is 296 g/mol. The van der Waals surface area contributed by atoms with E-state index in [-0.39, 0.29) is 17.9 Å². The van der Waals surface area contributed by atoms with Gasteiger partial charge in [-0.3, -0.25) is 9.59 Å². The number of ether oxygens (including phenoxy) is 1. The van der Waals surface area contributed by atoms with E-state index in [1.165, 1.54) is 0 Å². The van der Waals surface area contributed by atoms with Crippen LogP contribution >= 0.6 is 0 Å². The summed E-state index contributed by atoms with van der Waals surface area (Å²) in [5, 5.41) is 2.95. The van der Waals surface area contributed by atoms with Crippen LogP contribution in [-0.2, 0) is 14.3 Å². The first-order valence-electron chi connectivity index (χ1n) is 8.27. The summed E-state index contributed by atoms with van der Waals surface area (Å²) < 4.78 is 5.08. The maximum absolute atomic E-state index is 12.7. The molecule has 1 aliphatic carbocycles. The lowest BCUT2D eigenvalue weighted by Gasteiger charge is -2.50. The molecule has 1 spiro atoms. The van der Waals surface area contributed by atoms with Gasteiger partial charge in [-0.15, -0.1) is 0 Å². The minimum absolute atomic E-state index is 0.0698. The van der Waals surface area contributed by atoms with Gasteiger partial charge in [-0.25, -0.2) is 0 Å². The van der Waals surface area contributed by atoms with Crippen LogP contribution < -0.4 is 5.32 Å². The minimum atomic E-state index is -0.575. The predicted molar refractivity (Wildman–Crippen MR) is 80.9 cm³/mol. The molecule has 0 aromatic heterocycles. The Bertz CT molecular complexity index is 378. The molecule has 2 fully saturated rings. The summed E-state index contributed by atoms with van der Waals surface area (Å²) in [4.78, 5) is 27.3. The molecule has 1 heterocycles. The normalized spacial score (nSPS) is 25.2. The van der Waals surface area contributed by atoms with Crippen molar-refractivity contribution >= 4 is 11.8 Å². The molecule has 5 heteroatoms. The molecule has 0 aromatic rings. The van der Waals surface area contributed by atoms with E-state index in [0.29, 0.717) is 19.6 Å². The lowest BCUT2D eigenvalue weighted by Crippen LogP contribution is -2.71. The topological polar surface area (TPSA) is 58.6 Å². The van der Waals surface area contributed by atoms with E-state index in [1.54, 1.807) is 7.11 Å². The van der Waals surface area contributed by atoms with Crippen molar-refractivity contribution in [3.8, 4) is 0 Å². The summed E-state index contributed by atoms with van der Waals surface area (Å²) in [5.41, 5.74) is -0.575. The Morgan fingerprint density at radius 2 is 1.95 bits per heavy atom. The molecular formula is C16H28N2O3.